The second-order valence-corrected chi connectivity index (χ2v) is 4.80. The summed E-state index contributed by atoms with van der Waals surface area (Å²) in [4.78, 5) is 11.8. The number of hydrogen-bond donors (Lipinski definition) is 2. The Bertz CT molecular complexity index is 311. The van der Waals surface area contributed by atoms with E-state index in [0.29, 0.717) is 6.54 Å². The van der Waals surface area contributed by atoms with Crippen molar-refractivity contribution >= 4 is 29.6 Å². The first kappa shape index (κ1) is 12.5. The van der Waals surface area contributed by atoms with Gasteiger partial charge in [0.2, 0.25) is 0 Å². The second kappa shape index (κ2) is 6.80. The molecule has 1 rings (SSSR count). The molecular formula is C11H15NOS2. The van der Waals surface area contributed by atoms with Gasteiger partial charge in [0.05, 0.1) is 0 Å². The first-order valence-electron chi connectivity index (χ1n) is 4.91. The van der Waals surface area contributed by atoms with E-state index < -0.39 is 0 Å². The summed E-state index contributed by atoms with van der Waals surface area (Å²) in [5.41, 5.74) is 1.23. The highest BCUT2D eigenvalue weighted by Crippen LogP contribution is 2.17. The van der Waals surface area contributed by atoms with Crippen molar-refractivity contribution in [2.75, 3.05) is 12.3 Å². The minimum Gasteiger partial charge on any atom is -0.347 e. The molecule has 1 aromatic rings. The molecule has 1 amide bonds. The van der Waals surface area contributed by atoms with Gasteiger partial charge in [-0.2, -0.15) is 0 Å². The molecule has 0 heterocycles. The summed E-state index contributed by atoms with van der Waals surface area (Å²) >= 11 is 5.47. The van der Waals surface area contributed by atoms with Crippen LogP contribution in [0.4, 0.5) is 4.79 Å². The van der Waals surface area contributed by atoms with Gasteiger partial charge in [-0.25, -0.2) is 0 Å². The van der Waals surface area contributed by atoms with E-state index in [1.807, 2.05) is 11.8 Å². The van der Waals surface area contributed by atoms with Crippen LogP contribution >= 0.6 is 24.4 Å². The summed E-state index contributed by atoms with van der Waals surface area (Å²) in [6, 6.07) is 8.43. The van der Waals surface area contributed by atoms with E-state index in [2.05, 4.69) is 49.1 Å². The predicted octanol–water partition coefficient (Wildman–Crippen LogP) is 2.98. The molecule has 1 N–H and O–H groups in total. The quantitative estimate of drug-likeness (QED) is 0.613. The fraction of sp³-hybridized carbons (Fsp3) is 0.364. The topological polar surface area (TPSA) is 29.1 Å². The Balaban J connectivity index is 2.39. The third kappa shape index (κ3) is 5.14. The molecule has 0 aliphatic carbocycles. The highest BCUT2D eigenvalue weighted by atomic mass is 32.2. The maximum absolute atomic E-state index is 10.5. The highest BCUT2D eigenvalue weighted by Gasteiger charge is 1.96. The van der Waals surface area contributed by atoms with Crippen LogP contribution in [0.25, 0.3) is 0 Å². The number of nitrogens with one attached hydrogen (secondary N) is 1. The molecule has 4 heteroatoms. The number of thiol groups is 1. The average Bonchev–Trinajstić information content (AvgIpc) is 2.20. The fourth-order valence-electron chi connectivity index (χ4n) is 1.23. The molecule has 0 saturated heterocycles. The van der Waals surface area contributed by atoms with Gasteiger partial charge >= 0.3 is 0 Å². The smallest absolute Gasteiger partial charge is 0.275 e. The third-order valence-electron chi connectivity index (χ3n) is 1.92. The van der Waals surface area contributed by atoms with Crippen LogP contribution in [0, 0.1) is 0 Å². The molecule has 0 fully saturated rings. The van der Waals surface area contributed by atoms with E-state index in [9.17, 15) is 4.79 Å². The zero-order valence-corrected chi connectivity index (χ0v) is 10.4. The maximum atomic E-state index is 10.5. The van der Waals surface area contributed by atoms with E-state index in [1.165, 1.54) is 10.5 Å². The maximum Gasteiger partial charge on any atom is 0.275 e. The molecule has 0 spiro atoms. The van der Waals surface area contributed by atoms with Crippen molar-refractivity contribution in [2.24, 2.45) is 0 Å². The molecular weight excluding hydrogens is 226 g/mol. The summed E-state index contributed by atoms with van der Waals surface area (Å²) in [6.45, 7) is 2.78. The van der Waals surface area contributed by atoms with E-state index in [4.69, 9.17) is 0 Å². The van der Waals surface area contributed by atoms with E-state index in [-0.39, 0.29) is 5.24 Å². The Morgan fingerprint density at radius 2 is 2.07 bits per heavy atom. The summed E-state index contributed by atoms with van der Waals surface area (Å²) < 4.78 is 0. The van der Waals surface area contributed by atoms with Gasteiger partial charge in [0, 0.05) is 11.4 Å². The van der Waals surface area contributed by atoms with Crippen LogP contribution in [0.15, 0.2) is 29.2 Å². The molecule has 0 radical (unpaired) electrons. The Morgan fingerprint density at radius 3 is 2.60 bits per heavy atom. The Kier molecular flexibility index (Phi) is 5.65. The molecule has 0 aromatic heterocycles. The number of carbonyl (C=O) groups excluding carboxylic acids is 1. The Morgan fingerprint density at radius 1 is 1.40 bits per heavy atom. The van der Waals surface area contributed by atoms with Gasteiger partial charge in [0.1, 0.15) is 0 Å². The van der Waals surface area contributed by atoms with Gasteiger partial charge in [-0.1, -0.05) is 31.7 Å². The second-order valence-electron chi connectivity index (χ2n) is 3.06. The number of rotatable bonds is 5. The number of hydrogen-bond acceptors (Lipinski definition) is 2. The van der Waals surface area contributed by atoms with Crippen LogP contribution in [0.1, 0.15) is 12.5 Å². The van der Waals surface area contributed by atoms with Crippen molar-refractivity contribution in [1.82, 2.24) is 5.32 Å². The number of amides is 1. The first-order valence-corrected chi connectivity index (χ1v) is 6.34. The van der Waals surface area contributed by atoms with Gasteiger partial charge in [-0.05, 0) is 29.9 Å². The van der Waals surface area contributed by atoms with Crippen LogP contribution in [-0.2, 0) is 6.42 Å². The lowest BCUT2D eigenvalue weighted by Gasteiger charge is -2.03. The van der Waals surface area contributed by atoms with Crippen LogP contribution < -0.4 is 5.32 Å². The van der Waals surface area contributed by atoms with Crippen molar-refractivity contribution in [3.63, 3.8) is 0 Å². The van der Waals surface area contributed by atoms with Crippen molar-refractivity contribution in [3.05, 3.63) is 29.8 Å². The summed E-state index contributed by atoms with van der Waals surface area (Å²) in [6.07, 6.45) is 0.851. The first-order chi connectivity index (χ1) is 7.22. The minimum absolute atomic E-state index is 0.270. The molecule has 2 nitrogen and oxygen atoms in total. The van der Waals surface area contributed by atoms with E-state index in [1.54, 1.807) is 0 Å². The molecule has 0 bridgehead atoms. The van der Waals surface area contributed by atoms with Gasteiger partial charge in [-0.15, -0.1) is 11.8 Å². The zero-order valence-electron chi connectivity index (χ0n) is 8.69. The molecule has 82 valence electrons. The molecule has 1 aromatic carbocycles. The number of benzene rings is 1. The number of carbonyl (C=O) groups is 1. The lowest BCUT2D eigenvalue weighted by atomic mass is 10.1. The standard InChI is InChI=1S/C11H15NOS2/c1-2-15-10-5-3-9(4-6-10)7-8-12-11(13)14/h3-6H,2,7-8H2,1H3,(H2,12,13,14). The van der Waals surface area contributed by atoms with Crippen LogP contribution in [0.5, 0.6) is 0 Å². The van der Waals surface area contributed by atoms with Crippen molar-refractivity contribution in [3.8, 4) is 0 Å². The van der Waals surface area contributed by atoms with Gasteiger partial charge in [-0.3, -0.25) is 4.79 Å². The van der Waals surface area contributed by atoms with Gasteiger partial charge < -0.3 is 5.32 Å². The fourth-order valence-corrected chi connectivity index (χ4v) is 2.01. The van der Waals surface area contributed by atoms with Gasteiger partial charge in [0.15, 0.2) is 0 Å². The van der Waals surface area contributed by atoms with Crippen molar-refractivity contribution in [1.29, 1.82) is 0 Å². The summed E-state index contributed by atoms with van der Waals surface area (Å²) in [5, 5.41) is 2.38. The SMILES string of the molecule is CCSc1ccc(CCNC(=O)S)cc1. The zero-order chi connectivity index (χ0) is 11.1. The molecule has 0 aliphatic heterocycles. The Hall–Kier alpha value is -0.610. The van der Waals surface area contributed by atoms with Crippen molar-refractivity contribution in [2.45, 2.75) is 18.2 Å². The van der Waals surface area contributed by atoms with Crippen molar-refractivity contribution < 1.29 is 4.79 Å². The van der Waals surface area contributed by atoms with Crippen LogP contribution in [0.2, 0.25) is 0 Å². The van der Waals surface area contributed by atoms with Gasteiger partial charge in [0.25, 0.3) is 5.24 Å². The third-order valence-corrected chi connectivity index (χ3v) is 2.98. The lowest BCUT2D eigenvalue weighted by molar-refractivity contribution is 0.261. The largest absolute Gasteiger partial charge is 0.347 e. The molecule has 0 unspecified atom stereocenters. The van der Waals surface area contributed by atoms with E-state index in [0.717, 1.165) is 12.2 Å². The average molecular weight is 241 g/mol. The van der Waals surface area contributed by atoms with Crippen LogP contribution in [0.3, 0.4) is 0 Å². The van der Waals surface area contributed by atoms with E-state index >= 15 is 0 Å². The minimum atomic E-state index is -0.270. The molecule has 0 atom stereocenters. The number of thioether (sulfide) groups is 1. The molecule has 0 aliphatic rings. The monoisotopic (exact) mass is 241 g/mol. The Labute approximate surface area is 100 Å². The predicted molar refractivity (Wildman–Crippen MR) is 68.9 cm³/mol. The normalized spacial score (nSPS) is 10.0. The van der Waals surface area contributed by atoms with Crippen LogP contribution in [-0.4, -0.2) is 17.5 Å². The summed E-state index contributed by atoms with van der Waals surface area (Å²) in [5.74, 6) is 1.09. The summed E-state index contributed by atoms with van der Waals surface area (Å²) in [7, 11) is 0. The lowest BCUT2D eigenvalue weighted by Crippen LogP contribution is -2.19. The molecule has 15 heavy (non-hydrogen) atoms. The highest BCUT2D eigenvalue weighted by molar-refractivity contribution is 7.99. The molecule has 0 saturated carbocycles.